The number of hydrogen-bond donors (Lipinski definition) is 0. The minimum absolute atomic E-state index is 0.188. The Hall–Kier alpha value is -2.51. The summed E-state index contributed by atoms with van der Waals surface area (Å²) in [4.78, 5) is 20.9. The molecule has 1 aromatic carbocycles. The third kappa shape index (κ3) is 8.09. The summed E-state index contributed by atoms with van der Waals surface area (Å²) in [5.74, 6) is 0.0423. The van der Waals surface area contributed by atoms with E-state index in [0.717, 1.165) is 23.5 Å². The van der Waals surface area contributed by atoms with Gasteiger partial charge < -0.3 is 18.9 Å². The van der Waals surface area contributed by atoms with Gasteiger partial charge in [0.2, 0.25) is 0 Å². The molecule has 33 heavy (non-hydrogen) atoms. The Morgan fingerprint density at radius 3 is 2.42 bits per heavy atom. The topological polar surface area (TPSA) is 79.8 Å². The number of rotatable bonds is 12. The Bertz CT molecular complexity index is 867. The van der Waals surface area contributed by atoms with Crippen LogP contribution in [0.3, 0.4) is 0 Å². The monoisotopic (exact) mass is 456 g/mol. The van der Waals surface area contributed by atoms with Crippen molar-refractivity contribution in [3.05, 3.63) is 36.7 Å². The lowest BCUT2D eigenvalue weighted by molar-refractivity contribution is -0.162. The average molecular weight is 457 g/mol. The first-order valence-corrected chi connectivity index (χ1v) is 11.9. The first kappa shape index (κ1) is 25.1. The van der Waals surface area contributed by atoms with Crippen LogP contribution in [0.1, 0.15) is 66.2 Å². The van der Waals surface area contributed by atoms with E-state index in [4.69, 9.17) is 18.9 Å². The molecule has 180 valence electrons. The lowest BCUT2D eigenvalue weighted by atomic mass is 10.0. The highest BCUT2D eigenvalue weighted by molar-refractivity contribution is 5.78. The standard InChI is InChI=1S/C26H36N2O5/c1-5-19(2)10-8-6-7-9-15-30-25-27-16-21(17-28-25)20-11-13-22(14-12-20)32-24(29)23-18-31-26(3,4)33-23/h11-14,16-17,19,23H,5-10,15,18H2,1-4H3/t19-,23+/m0/s1. The molecular formula is C26H36N2O5. The fourth-order valence-corrected chi connectivity index (χ4v) is 3.56. The summed E-state index contributed by atoms with van der Waals surface area (Å²) in [6.07, 6.45) is 10.1. The Morgan fingerprint density at radius 1 is 1.09 bits per heavy atom. The number of carbonyl (C=O) groups excluding carboxylic acids is 1. The SMILES string of the molecule is CC[C@H](C)CCCCCCOc1ncc(-c2ccc(OC(=O)[C@H]3COC(C)(C)O3)cc2)cn1. The van der Waals surface area contributed by atoms with Crippen molar-refractivity contribution in [2.45, 2.75) is 78.1 Å². The van der Waals surface area contributed by atoms with Crippen LogP contribution in [0.4, 0.5) is 0 Å². The fraction of sp³-hybridized carbons (Fsp3) is 0.577. The number of nitrogens with zero attached hydrogens (tertiary/aromatic N) is 2. The van der Waals surface area contributed by atoms with Gasteiger partial charge in [-0.05, 0) is 43.9 Å². The third-order valence-electron chi connectivity index (χ3n) is 5.82. The molecule has 0 radical (unpaired) electrons. The summed E-state index contributed by atoms with van der Waals surface area (Å²) >= 11 is 0. The average Bonchev–Trinajstić information content (AvgIpc) is 3.19. The van der Waals surface area contributed by atoms with E-state index in [9.17, 15) is 4.79 Å². The van der Waals surface area contributed by atoms with Crippen molar-refractivity contribution in [2.24, 2.45) is 5.92 Å². The number of aromatic nitrogens is 2. The van der Waals surface area contributed by atoms with Crippen LogP contribution in [0.25, 0.3) is 11.1 Å². The smallest absolute Gasteiger partial charge is 0.343 e. The third-order valence-corrected chi connectivity index (χ3v) is 5.82. The van der Waals surface area contributed by atoms with Gasteiger partial charge in [-0.15, -0.1) is 0 Å². The van der Waals surface area contributed by atoms with E-state index in [1.54, 1.807) is 38.4 Å². The van der Waals surface area contributed by atoms with Gasteiger partial charge >= 0.3 is 12.0 Å². The first-order chi connectivity index (χ1) is 15.9. The molecule has 0 saturated carbocycles. The molecule has 1 fully saturated rings. The van der Waals surface area contributed by atoms with Crippen molar-refractivity contribution in [3.8, 4) is 22.9 Å². The van der Waals surface area contributed by atoms with Gasteiger partial charge in [0.25, 0.3) is 0 Å². The van der Waals surface area contributed by atoms with Crippen LogP contribution in [0, 0.1) is 5.92 Å². The maximum Gasteiger partial charge on any atom is 0.343 e. The molecule has 0 spiro atoms. The van der Waals surface area contributed by atoms with Gasteiger partial charge in [0.15, 0.2) is 11.9 Å². The molecule has 0 N–H and O–H groups in total. The summed E-state index contributed by atoms with van der Waals surface area (Å²) in [6.45, 7) is 8.92. The fourth-order valence-electron chi connectivity index (χ4n) is 3.56. The summed E-state index contributed by atoms with van der Waals surface area (Å²) in [6, 6.07) is 7.58. The number of esters is 1. The number of carbonyl (C=O) groups is 1. The van der Waals surface area contributed by atoms with Crippen molar-refractivity contribution in [3.63, 3.8) is 0 Å². The zero-order valence-electron chi connectivity index (χ0n) is 20.2. The van der Waals surface area contributed by atoms with Crippen LogP contribution in [0.5, 0.6) is 11.8 Å². The highest BCUT2D eigenvalue weighted by Gasteiger charge is 2.38. The quantitative estimate of drug-likeness (QED) is 0.234. The normalized spacial score (nSPS) is 18.1. The van der Waals surface area contributed by atoms with Gasteiger partial charge in [0.1, 0.15) is 5.75 Å². The van der Waals surface area contributed by atoms with Crippen molar-refractivity contribution < 1.29 is 23.7 Å². The molecule has 0 amide bonds. The highest BCUT2D eigenvalue weighted by Crippen LogP contribution is 2.25. The van der Waals surface area contributed by atoms with E-state index in [2.05, 4.69) is 23.8 Å². The van der Waals surface area contributed by atoms with Crippen LogP contribution in [0.15, 0.2) is 36.7 Å². The summed E-state index contributed by atoms with van der Waals surface area (Å²) in [7, 11) is 0. The lowest BCUT2D eigenvalue weighted by Crippen LogP contribution is -2.30. The van der Waals surface area contributed by atoms with E-state index in [0.29, 0.717) is 18.4 Å². The van der Waals surface area contributed by atoms with Crippen molar-refractivity contribution in [2.75, 3.05) is 13.2 Å². The highest BCUT2D eigenvalue weighted by atomic mass is 16.8. The van der Waals surface area contributed by atoms with Crippen molar-refractivity contribution in [1.82, 2.24) is 9.97 Å². The minimum Gasteiger partial charge on any atom is -0.463 e. The van der Waals surface area contributed by atoms with Crippen molar-refractivity contribution >= 4 is 5.97 Å². The Kier molecular flexibility index (Phi) is 9.21. The zero-order valence-corrected chi connectivity index (χ0v) is 20.2. The number of hydrogen-bond acceptors (Lipinski definition) is 7. The molecule has 3 rings (SSSR count). The second-order valence-electron chi connectivity index (χ2n) is 9.08. The van der Waals surface area contributed by atoms with Crippen LogP contribution in [-0.2, 0) is 14.3 Å². The lowest BCUT2D eigenvalue weighted by Gasteiger charge is -2.16. The van der Waals surface area contributed by atoms with Gasteiger partial charge in [-0.25, -0.2) is 14.8 Å². The van der Waals surface area contributed by atoms with Gasteiger partial charge in [-0.3, -0.25) is 0 Å². The number of ether oxygens (including phenoxy) is 4. The molecule has 2 heterocycles. The summed E-state index contributed by atoms with van der Waals surface area (Å²) < 4.78 is 22.0. The Balaban J connectivity index is 1.40. The van der Waals surface area contributed by atoms with E-state index >= 15 is 0 Å². The molecule has 7 nitrogen and oxygen atoms in total. The molecule has 1 aliphatic rings. The molecular weight excluding hydrogens is 420 g/mol. The second-order valence-corrected chi connectivity index (χ2v) is 9.08. The molecule has 0 aliphatic carbocycles. The van der Waals surface area contributed by atoms with Gasteiger partial charge in [0, 0.05) is 18.0 Å². The van der Waals surface area contributed by atoms with Crippen molar-refractivity contribution in [1.29, 1.82) is 0 Å². The Morgan fingerprint density at radius 2 is 1.79 bits per heavy atom. The van der Waals surface area contributed by atoms with Crippen LogP contribution >= 0.6 is 0 Å². The Labute approximate surface area is 196 Å². The number of unbranched alkanes of at least 4 members (excludes halogenated alkanes) is 3. The predicted molar refractivity (Wildman–Crippen MR) is 126 cm³/mol. The van der Waals surface area contributed by atoms with Gasteiger partial charge in [0.05, 0.1) is 13.2 Å². The second kappa shape index (κ2) is 12.1. The van der Waals surface area contributed by atoms with Crippen LogP contribution in [-0.4, -0.2) is 41.0 Å². The first-order valence-electron chi connectivity index (χ1n) is 11.9. The van der Waals surface area contributed by atoms with Crippen LogP contribution in [0.2, 0.25) is 0 Å². The molecule has 1 aromatic heterocycles. The van der Waals surface area contributed by atoms with E-state index in [1.807, 2.05) is 12.1 Å². The molecule has 7 heteroatoms. The molecule has 0 bridgehead atoms. The van der Waals surface area contributed by atoms with E-state index in [-0.39, 0.29) is 6.61 Å². The molecule has 1 saturated heterocycles. The van der Waals surface area contributed by atoms with Gasteiger partial charge in [-0.2, -0.15) is 0 Å². The molecule has 2 atom stereocenters. The molecule has 2 aromatic rings. The maximum absolute atomic E-state index is 12.2. The van der Waals surface area contributed by atoms with E-state index in [1.165, 1.54) is 32.1 Å². The van der Waals surface area contributed by atoms with E-state index < -0.39 is 17.9 Å². The summed E-state index contributed by atoms with van der Waals surface area (Å²) in [5.41, 5.74) is 1.78. The summed E-state index contributed by atoms with van der Waals surface area (Å²) in [5, 5.41) is 0. The maximum atomic E-state index is 12.2. The largest absolute Gasteiger partial charge is 0.463 e. The molecule has 1 aliphatic heterocycles. The zero-order chi connectivity index (χ0) is 23.7. The minimum atomic E-state index is -0.767. The van der Waals surface area contributed by atoms with Gasteiger partial charge in [-0.1, -0.05) is 58.1 Å². The van der Waals surface area contributed by atoms with Crippen LogP contribution < -0.4 is 9.47 Å². The molecule has 0 unspecified atom stereocenters. The number of benzene rings is 1. The predicted octanol–water partition coefficient (Wildman–Crippen LogP) is 5.58.